The summed E-state index contributed by atoms with van der Waals surface area (Å²) in [5.74, 6) is 5.63. The molecule has 0 aliphatic carbocycles. The Bertz CT molecular complexity index is 553. The summed E-state index contributed by atoms with van der Waals surface area (Å²) in [7, 11) is 0. The first-order valence-corrected chi connectivity index (χ1v) is 6.82. The molecule has 0 amide bonds. The van der Waals surface area contributed by atoms with Crippen molar-refractivity contribution in [2.45, 2.75) is 25.9 Å². The van der Waals surface area contributed by atoms with Crippen molar-refractivity contribution in [3.8, 4) is 0 Å². The molecule has 6 heteroatoms. The van der Waals surface area contributed by atoms with Gasteiger partial charge in [0, 0.05) is 22.8 Å². The zero-order valence-electron chi connectivity index (χ0n) is 10.6. The summed E-state index contributed by atoms with van der Waals surface area (Å²) in [6.45, 7) is 2.90. The van der Waals surface area contributed by atoms with Crippen LogP contribution in [0.4, 0.5) is 0 Å². The third-order valence-electron chi connectivity index (χ3n) is 2.99. The molecule has 0 fully saturated rings. The first kappa shape index (κ1) is 14.3. The number of halogens is 2. The van der Waals surface area contributed by atoms with Gasteiger partial charge in [-0.2, -0.15) is 5.10 Å². The summed E-state index contributed by atoms with van der Waals surface area (Å²) >= 11 is 12.1. The fraction of sp³-hybridized carbons (Fsp3) is 0.308. The highest BCUT2D eigenvalue weighted by Gasteiger charge is 2.15. The van der Waals surface area contributed by atoms with E-state index in [1.54, 1.807) is 6.07 Å². The van der Waals surface area contributed by atoms with Crippen LogP contribution in [0.2, 0.25) is 10.0 Å². The zero-order valence-corrected chi connectivity index (χ0v) is 12.1. The lowest BCUT2D eigenvalue weighted by Gasteiger charge is -2.17. The molecule has 0 aliphatic rings. The molecule has 19 heavy (non-hydrogen) atoms. The number of benzene rings is 1. The largest absolute Gasteiger partial charge is 0.273 e. The second-order valence-electron chi connectivity index (χ2n) is 4.29. The van der Waals surface area contributed by atoms with Gasteiger partial charge in [-0.15, -0.1) is 0 Å². The Balaban J connectivity index is 2.19. The first-order chi connectivity index (χ1) is 9.13. The van der Waals surface area contributed by atoms with Gasteiger partial charge < -0.3 is 0 Å². The molecule has 0 spiro atoms. The molecular formula is C13H16Cl2N4. The van der Waals surface area contributed by atoms with Crippen LogP contribution in [0.25, 0.3) is 0 Å². The average molecular weight is 299 g/mol. The monoisotopic (exact) mass is 298 g/mol. The maximum absolute atomic E-state index is 6.20. The van der Waals surface area contributed by atoms with Crippen molar-refractivity contribution in [1.82, 2.24) is 15.2 Å². The summed E-state index contributed by atoms with van der Waals surface area (Å²) in [5, 5.41) is 5.47. The van der Waals surface area contributed by atoms with Gasteiger partial charge in [0.1, 0.15) is 0 Å². The zero-order chi connectivity index (χ0) is 13.8. The number of nitrogens with zero attached hydrogens (tertiary/aromatic N) is 2. The molecule has 0 saturated carbocycles. The predicted octanol–water partition coefficient (Wildman–Crippen LogP) is 2.96. The Hall–Kier alpha value is -1.07. The number of nitrogens with one attached hydrogen (secondary N) is 1. The molecule has 3 N–H and O–H groups in total. The number of nitrogens with two attached hydrogens (primary N) is 1. The third-order valence-corrected chi connectivity index (χ3v) is 3.55. The van der Waals surface area contributed by atoms with E-state index in [9.17, 15) is 0 Å². The lowest BCUT2D eigenvalue weighted by molar-refractivity contribution is 0.551. The molecule has 4 nitrogen and oxygen atoms in total. The second-order valence-corrected chi connectivity index (χ2v) is 5.14. The van der Waals surface area contributed by atoms with Gasteiger partial charge in [-0.05, 0) is 36.6 Å². The van der Waals surface area contributed by atoms with Gasteiger partial charge in [-0.3, -0.25) is 16.0 Å². The standard InChI is InChI=1S/C13H16Cl2N4/c1-2-19-8-9(7-17-19)5-13(18-16)11-4-3-10(14)6-12(11)15/h3-4,6-8,13,18H,2,5,16H2,1H3. The van der Waals surface area contributed by atoms with Crippen molar-refractivity contribution >= 4 is 23.2 Å². The van der Waals surface area contributed by atoms with Crippen molar-refractivity contribution < 1.29 is 0 Å². The summed E-state index contributed by atoms with van der Waals surface area (Å²) in [6.07, 6.45) is 4.57. The van der Waals surface area contributed by atoms with E-state index in [-0.39, 0.29) is 6.04 Å². The minimum Gasteiger partial charge on any atom is -0.273 e. The molecule has 0 saturated heterocycles. The minimum absolute atomic E-state index is 0.0701. The van der Waals surface area contributed by atoms with Crippen molar-refractivity contribution in [3.63, 3.8) is 0 Å². The topological polar surface area (TPSA) is 55.9 Å². The van der Waals surface area contributed by atoms with E-state index < -0.39 is 0 Å². The van der Waals surface area contributed by atoms with Crippen LogP contribution in [0.1, 0.15) is 24.1 Å². The molecule has 1 unspecified atom stereocenters. The molecular weight excluding hydrogens is 283 g/mol. The van der Waals surface area contributed by atoms with Gasteiger partial charge in [0.05, 0.1) is 12.2 Å². The van der Waals surface area contributed by atoms with E-state index in [1.807, 2.05) is 36.1 Å². The lowest BCUT2D eigenvalue weighted by atomic mass is 10.0. The van der Waals surface area contributed by atoms with Crippen LogP contribution in [0, 0.1) is 0 Å². The highest BCUT2D eigenvalue weighted by atomic mass is 35.5. The van der Waals surface area contributed by atoms with Crippen molar-refractivity contribution in [2.75, 3.05) is 0 Å². The van der Waals surface area contributed by atoms with Gasteiger partial charge >= 0.3 is 0 Å². The number of aromatic nitrogens is 2. The van der Waals surface area contributed by atoms with Crippen LogP contribution < -0.4 is 11.3 Å². The van der Waals surface area contributed by atoms with E-state index in [1.165, 1.54) is 0 Å². The predicted molar refractivity (Wildman–Crippen MR) is 78.1 cm³/mol. The number of hydrogen-bond donors (Lipinski definition) is 2. The van der Waals surface area contributed by atoms with Crippen molar-refractivity contribution in [2.24, 2.45) is 5.84 Å². The van der Waals surface area contributed by atoms with Crippen molar-refractivity contribution in [3.05, 3.63) is 51.8 Å². The molecule has 0 aliphatic heterocycles. The molecule has 2 aromatic rings. The smallest absolute Gasteiger partial charge is 0.0522 e. The number of hydrogen-bond acceptors (Lipinski definition) is 3. The molecule has 1 atom stereocenters. The number of rotatable bonds is 5. The van der Waals surface area contributed by atoms with E-state index >= 15 is 0 Å². The van der Waals surface area contributed by atoms with Gasteiger partial charge in [-0.25, -0.2) is 0 Å². The van der Waals surface area contributed by atoms with Gasteiger partial charge in [0.15, 0.2) is 0 Å². The Morgan fingerprint density at radius 1 is 1.42 bits per heavy atom. The molecule has 1 heterocycles. The molecule has 0 radical (unpaired) electrons. The van der Waals surface area contributed by atoms with Crippen LogP contribution in [0.15, 0.2) is 30.6 Å². The van der Waals surface area contributed by atoms with Crippen LogP contribution in [-0.2, 0) is 13.0 Å². The summed E-state index contributed by atoms with van der Waals surface area (Å²) in [4.78, 5) is 0. The molecule has 1 aromatic carbocycles. The van der Waals surface area contributed by atoms with Crippen LogP contribution in [0.3, 0.4) is 0 Å². The maximum Gasteiger partial charge on any atom is 0.0522 e. The summed E-state index contributed by atoms with van der Waals surface area (Å²) < 4.78 is 1.88. The average Bonchev–Trinajstić information content (AvgIpc) is 2.84. The lowest BCUT2D eigenvalue weighted by Crippen LogP contribution is -2.29. The van der Waals surface area contributed by atoms with Gasteiger partial charge in [-0.1, -0.05) is 29.3 Å². The highest BCUT2D eigenvalue weighted by molar-refractivity contribution is 6.35. The van der Waals surface area contributed by atoms with Gasteiger partial charge in [0.2, 0.25) is 0 Å². The molecule has 102 valence electrons. The van der Waals surface area contributed by atoms with Crippen LogP contribution in [0.5, 0.6) is 0 Å². The second kappa shape index (κ2) is 6.39. The number of aryl methyl sites for hydroxylation is 1. The van der Waals surface area contributed by atoms with E-state index in [0.717, 1.165) is 24.1 Å². The fourth-order valence-corrected chi connectivity index (χ4v) is 2.50. The molecule has 2 rings (SSSR count). The fourth-order valence-electron chi connectivity index (χ4n) is 1.96. The highest BCUT2D eigenvalue weighted by Crippen LogP contribution is 2.27. The Morgan fingerprint density at radius 3 is 2.79 bits per heavy atom. The first-order valence-electron chi connectivity index (χ1n) is 6.06. The normalized spacial score (nSPS) is 12.6. The Kier molecular flexibility index (Phi) is 4.82. The SMILES string of the molecule is CCn1cc(CC(NN)c2ccc(Cl)cc2Cl)cn1. The van der Waals surface area contributed by atoms with Crippen LogP contribution >= 0.6 is 23.2 Å². The molecule has 1 aromatic heterocycles. The summed E-state index contributed by atoms with van der Waals surface area (Å²) in [5.41, 5.74) is 4.83. The minimum atomic E-state index is -0.0701. The van der Waals surface area contributed by atoms with E-state index in [2.05, 4.69) is 10.5 Å². The molecule has 0 bridgehead atoms. The van der Waals surface area contributed by atoms with E-state index in [0.29, 0.717) is 10.0 Å². The van der Waals surface area contributed by atoms with Crippen LogP contribution in [-0.4, -0.2) is 9.78 Å². The quantitative estimate of drug-likeness (QED) is 0.659. The van der Waals surface area contributed by atoms with Crippen molar-refractivity contribution in [1.29, 1.82) is 0 Å². The van der Waals surface area contributed by atoms with Gasteiger partial charge in [0.25, 0.3) is 0 Å². The maximum atomic E-state index is 6.20. The summed E-state index contributed by atoms with van der Waals surface area (Å²) in [6, 6.07) is 5.35. The number of hydrazine groups is 1. The Morgan fingerprint density at radius 2 is 2.21 bits per heavy atom. The third kappa shape index (κ3) is 3.48. The van der Waals surface area contributed by atoms with E-state index in [4.69, 9.17) is 29.0 Å². The Labute approximate surface area is 122 Å².